The minimum Gasteiger partial charge on any atom is -0.292 e. The zero-order chi connectivity index (χ0) is 32.5. The Morgan fingerprint density at radius 3 is 2.54 bits per heavy atom. The summed E-state index contributed by atoms with van der Waals surface area (Å²) >= 11 is 0. The lowest BCUT2D eigenvalue weighted by atomic mass is 9.69. The van der Waals surface area contributed by atoms with Crippen molar-refractivity contribution in [2.75, 3.05) is 6.67 Å². The molecule has 2 N–H and O–H groups in total. The summed E-state index contributed by atoms with van der Waals surface area (Å²) in [5.74, 6) is 0. The topological polar surface area (TPSA) is 120 Å². The van der Waals surface area contributed by atoms with E-state index in [9.17, 15) is 22.4 Å². The van der Waals surface area contributed by atoms with Gasteiger partial charge >= 0.3 is 5.69 Å². The van der Waals surface area contributed by atoms with Crippen LogP contribution in [-0.2, 0) is 30.2 Å². The number of alkyl halides is 2. The van der Waals surface area contributed by atoms with E-state index in [-0.39, 0.29) is 40.3 Å². The number of halogens is 2. The number of hydrogen-bond donors (Lipinski definition) is 2. The highest BCUT2D eigenvalue weighted by Crippen LogP contribution is 2.44. The van der Waals surface area contributed by atoms with E-state index >= 15 is 4.39 Å². The van der Waals surface area contributed by atoms with Gasteiger partial charge in [-0.15, -0.1) is 0 Å². The summed E-state index contributed by atoms with van der Waals surface area (Å²) in [6, 6.07) is 3.67. The number of aryl methyl sites for hydroxylation is 1. The van der Waals surface area contributed by atoms with Gasteiger partial charge in [-0.2, -0.15) is 5.10 Å². The molecular formula is C33H44F2N6O4S. The minimum atomic E-state index is -4.14. The summed E-state index contributed by atoms with van der Waals surface area (Å²) in [4.78, 5) is 27.7. The van der Waals surface area contributed by atoms with Gasteiger partial charge in [0.25, 0.3) is 5.56 Å². The molecule has 2 aromatic heterocycles. The van der Waals surface area contributed by atoms with Gasteiger partial charge in [-0.3, -0.25) is 23.9 Å². The number of nitrogens with zero attached hydrogens (tertiary/aromatic N) is 4. The first kappa shape index (κ1) is 32.8. The van der Waals surface area contributed by atoms with Crippen LogP contribution in [0.1, 0.15) is 82.6 Å². The van der Waals surface area contributed by atoms with Crippen molar-refractivity contribution < 1.29 is 17.2 Å². The second-order valence-corrected chi connectivity index (χ2v) is 15.4. The zero-order valence-electron chi connectivity index (χ0n) is 26.4. The molecule has 1 aromatic carbocycles. The molecule has 3 unspecified atom stereocenters. The quantitative estimate of drug-likeness (QED) is 0.273. The standard InChI is InChI=1S/C33H44F2N6O4S/c1-39-20-24(19-36-39)21-41-30(42)27-16-26(46(44,45)38-33(23-34)14-15-33)10-11-28(27)40(31(41)43)22-25-17-32(18-29(35)37-25)12-8-6-4-2-3-5-7-9-13-32/h4,6,10-11,16,19-20,25,29,37-38H,2-3,5,7-9,12-15,17-18,21-23H2,1H3/b6-4-. The van der Waals surface area contributed by atoms with Crippen LogP contribution in [-0.4, -0.2) is 51.9 Å². The monoisotopic (exact) mass is 658 g/mol. The second-order valence-electron chi connectivity index (χ2n) is 13.7. The molecule has 3 heterocycles. The Labute approximate surface area is 267 Å². The number of fused-ring (bicyclic) bond motifs is 1. The Morgan fingerprint density at radius 2 is 1.80 bits per heavy atom. The van der Waals surface area contributed by atoms with Gasteiger partial charge in [0.1, 0.15) is 6.67 Å². The molecule has 1 saturated heterocycles. The lowest BCUT2D eigenvalue weighted by Gasteiger charge is -2.43. The number of rotatable bonds is 8. The SMILES string of the molecule is Cn1cc(Cn2c(=O)c3cc(S(=O)(=O)NC4(CF)CC4)ccc3n(CC3CC4(CC/C=C\CCCCCC4)CC(F)N3)c2=O)cn1. The van der Waals surface area contributed by atoms with Crippen LogP contribution in [0.15, 0.2) is 57.2 Å². The lowest BCUT2D eigenvalue weighted by Crippen LogP contribution is -2.52. The first-order valence-electron chi connectivity index (χ1n) is 16.4. The van der Waals surface area contributed by atoms with Crippen LogP contribution in [0, 0.1) is 5.41 Å². The van der Waals surface area contributed by atoms with Crippen molar-refractivity contribution >= 4 is 20.9 Å². The van der Waals surface area contributed by atoms with Gasteiger partial charge in [-0.25, -0.2) is 26.7 Å². The fourth-order valence-electron chi connectivity index (χ4n) is 7.35. The fourth-order valence-corrected chi connectivity index (χ4v) is 8.82. The van der Waals surface area contributed by atoms with Crippen LogP contribution < -0.4 is 21.3 Å². The van der Waals surface area contributed by atoms with Crippen LogP contribution in [0.5, 0.6) is 0 Å². The van der Waals surface area contributed by atoms with Gasteiger partial charge in [-0.1, -0.05) is 31.4 Å². The molecule has 0 amide bonds. The number of allylic oxidation sites excluding steroid dienone is 2. The Balaban J connectivity index is 1.39. The highest BCUT2D eigenvalue weighted by molar-refractivity contribution is 7.89. The molecule has 10 nitrogen and oxygen atoms in total. The van der Waals surface area contributed by atoms with Gasteiger partial charge in [-0.05, 0) is 81.4 Å². The largest absolute Gasteiger partial charge is 0.331 e. The number of nitrogens with one attached hydrogen (secondary N) is 2. The molecule has 250 valence electrons. The smallest absolute Gasteiger partial charge is 0.292 e. The molecule has 3 atom stereocenters. The molecule has 6 rings (SSSR count). The van der Waals surface area contributed by atoms with Crippen molar-refractivity contribution in [2.24, 2.45) is 12.5 Å². The van der Waals surface area contributed by atoms with Gasteiger partial charge < -0.3 is 0 Å². The Hall–Kier alpha value is -3.16. The molecule has 0 radical (unpaired) electrons. The van der Waals surface area contributed by atoms with Crippen LogP contribution in [0.3, 0.4) is 0 Å². The van der Waals surface area contributed by atoms with Crippen molar-refractivity contribution in [3.63, 3.8) is 0 Å². The highest BCUT2D eigenvalue weighted by atomic mass is 32.2. The summed E-state index contributed by atoms with van der Waals surface area (Å²) in [7, 11) is -2.41. The summed E-state index contributed by atoms with van der Waals surface area (Å²) < 4.78 is 62.1. The molecule has 13 heteroatoms. The van der Waals surface area contributed by atoms with Crippen LogP contribution >= 0.6 is 0 Å². The summed E-state index contributed by atoms with van der Waals surface area (Å²) in [5.41, 5.74) is -1.63. The Morgan fingerprint density at radius 1 is 1.02 bits per heavy atom. The maximum absolute atomic E-state index is 15.5. The van der Waals surface area contributed by atoms with Gasteiger partial charge in [0.05, 0.1) is 34.1 Å². The number of aromatic nitrogens is 4. The number of piperidine rings is 1. The van der Waals surface area contributed by atoms with Crippen LogP contribution in [0.4, 0.5) is 8.78 Å². The third-order valence-electron chi connectivity index (χ3n) is 10.0. The molecular weight excluding hydrogens is 614 g/mol. The summed E-state index contributed by atoms with van der Waals surface area (Å²) in [6.45, 7) is -0.781. The molecule has 3 aliphatic rings. The minimum absolute atomic E-state index is 0.0406. The Bertz CT molecular complexity index is 1830. The van der Waals surface area contributed by atoms with Gasteiger partial charge in [0.2, 0.25) is 10.0 Å². The fraction of sp³-hybridized carbons (Fsp3) is 0.606. The molecule has 1 aliphatic heterocycles. The van der Waals surface area contributed by atoms with E-state index in [4.69, 9.17) is 0 Å². The average Bonchev–Trinajstić information content (AvgIpc) is 3.67. The first-order valence-corrected chi connectivity index (χ1v) is 17.9. The van der Waals surface area contributed by atoms with Gasteiger partial charge in [0, 0.05) is 31.4 Å². The van der Waals surface area contributed by atoms with Crippen molar-refractivity contribution in [1.82, 2.24) is 29.0 Å². The third-order valence-corrected chi connectivity index (χ3v) is 11.6. The number of hydrogen-bond acceptors (Lipinski definition) is 6. The van der Waals surface area contributed by atoms with E-state index in [0.717, 1.165) is 49.5 Å². The van der Waals surface area contributed by atoms with Crippen LogP contribution in [0.2, 0.25) is 0 Å². The zero-order valence-corrected chi connectivity index (χ0v) is 27.2. The predicted molar refractivity (Wildman–Crippen MR) is 173 cm³/mol. The van der Waals surface area contributed by atoms with Crippen molar-refractivity contribution in [3.05, 3.63) is 69.1 Å². The van der Waals surface area contributed by atoms with E-state index in [2.05, 4.69) is 27.3 Å². The molecule has 3 aromatic rings. The maximum Gasteiger partial charge on any atom is 0.331 e. The van der Waals surface area contributed by atoms with Crippen molar-refractivity contribution in [3.8, 4) is 0 Å². The van der Waals surface area contributed by atoms with Crippen molar-refractivity contribution in [1.29, 1.82) is 0 Å². The molecule has 46 heavy (non-hydrogen) atoms. The predicted octanol–water partition coefficient (Wildman–Crippen LogP) is 4.45. The summed E-state index contributed by atoms with van der Waals surface area (Å²) in [5, 5.41) is 7.27. The van der Waals surface area contributed by atoms with Crippen molar-refractivity contribution in [2.45, 2.75) is 113 Å². The van der Waals surface area contributed by atoms with E-state index in [1.165, 1.54) is 29.2 Å². The summed E-state index contributed by atoms with van der Waals surface area (Å²) in [6.07, 6.45) is 16.6. The lowest BCUT2D eigenvalue weighted by molar-refractivity contribution is 0.0428. The van der Waals surface area contributed by atoms with E-state index in [1.54, 1.807) is 24.1 Å². The molecule has 2 fully saturated rings. The van der Waals surface area contributed by atoms with Crippen LogP contribution in [0.25, 0.3) is 10.9 Å². The number of benzene rings is 1. The Kier molecular flexibility index (Phi) is 9.37. The van der Waals surface area contributed by atoms with E-state index in [1.807, 2.05) is 0 Å². The normalized spacial score (nSPS) is 26.2. The highest BCUT2D eigenvalue weighted by Gasteiger charge is 2.46. The maximum atomic E-state index is 15.5. The number of sulfonamides is 1. The van der Waals surface area contributed by atoms with E-state index in [0.29, 0.717) is 31.2 Å². The molecule has 2 aliphatic carbocycles. The average molecular weight is 659 g/mol. The van der Waals surface area contributed by atoms with E-state index < -0.39 is 39.8 Å². The molecule has 1 spiro atoms. The van der Waals surface area contributed by atoms with Gasteiger partial charge in [0.15, 0.2) is 6.30 Å². The molecule has 1 saturated carbocycles. The second kappa shape index (κ2) is 13.2. The first-order chi connectivity index (χ1) is 22.0. The third kappa shape index (κ3) is 7.06. The molecule has 0 bridgehead atoms.